The molecule has 134 valence electrons. The lowest BCUT2D eigenvalue weighted by atomic mass is 10.2. The summed E-state index contributed by atoms with van der Waals surface area (Å²) in [6.45, 7) is 0. The Balaban J connectivity index is 1.92. The van der Waals surface area contributed by atoms with Gasteiger partial charge >= 0.3 is 5.69 Å². The quantitative estimate of drug-likeness (QED) is 0.703. The minimum Gasteiger partial charge on any atom is -0.497 e. The first kappa shape index (κ1) is 17.6. The van der Waals surface area contributed by atoms with Crippen molar-refractivity contribution in [2.24, 2.45) is 19.1 Å². The van der Waals surface area contributed by atoms with E-state index in [2.05, 4.69) is 9.98 Å². The summed E-state index contributed by atoms with van der Waals surface area (Å²) < 4.78 is 7.02. The molecule has 3 aromatic rings. The fourth-order valence-electron chi connectivity index (χ4n) is 2.31. The van der Waals surface area contributed by atoms with Crippen LogP contribution in [0.2, 0.25) is 0 Å². The maximum Gasteiger partial charge on any atom is 0.333 e. The zero-order valence-corrected chi connectivity index (χ0v) is 15.1. The van der Waals surface area contributed by atoms with E-state index in [0.29, 0.717) is 5.13 Å². The summed E-state index contributed by atoms with van der Waals surface area (Å²) in [5.74, 6) is 0.317. The third kappa shape index (κ3) is 3.16. The first-order valence-corrected chi connectivity index (χ1v) is 8.43. The number of aliphatic imine (C=N–C) groups is 1. The summed E-state index contributed by atoms with van der Waals surface area (Å²) in [6, 6.07) is 7.44. The van der Waals surface area contributed by atoms with Gasteiger partial charge in [0.25, 0.3) is 5.56 Å². The van der Waals surface area contributed by atoms with Gasteiger partial charge < -0.3 is 9.84 Å². The Morgan fingerprint density at radius 3 is 2.54 bits per heavy atom. The highest BCUT2D eigenvalue weighted by Crippen LogP contribution is 2.28. The molecule has 1 aromatic carbocycles. The van der Waals surface area contributed by atoms with E-state index < -0.39 is 17.1 Å². The maximum absolute atomic E-state index is 12.1. The van der Waals surface area contributed by atoms with Gasteiger partial charge in [-0.15, -0.1) is 11.3 Å². The van der Waals surface area contributed by atoms with Crippen LogP contribution in [-0.4, -0.2) is 32.5 Å². The fourth-order valence-corrected chi connectivity index (χ4v) is 2.98. The second kappa shape index (κ2) is 6.96. The third-order valence-electron chi connectivity index (χ3n) is 3.85. The zero-order valence-electron chi connectivity index (χ0n) is 14.3. The minimum absolute atomic E-state index is 0.0733. The first-order valence-electron chi connectivity index (χ1n) is 7.55. The SMILES string of the molecule is COc1ccc(-c2csc(N=Cc3c(O)n(C)c(=O)n(C)c3=O)n2)cc1. The zero-order chi connectivity index (χ0) is 18.8. The van der Waals surface area contributed by atoms with E-state index >= 15 is 0 Å². The van der Waals surface area contributed by atoms with E-state index in [1.807, 2.05) is 29.6 Å². The normalized spacial score (nSPS) is 11.2. The largest absolute Gasteiger partial charge is 0.497 e. The molecule has 9 heteroatoms. The molecule has 0 amide bonds. The second-order valence-corrected chi connectivity index (χ2v) is 6.28. The molecule has 0 aliphatic carbocycles. The molecule has 0 saturated heterocycles. The molecule has 0 radical (unpaired) electrons. The van der Waals surface area contributed by atoms with Gasteiger partial charge in [0.15, 0.2) is 0 Å². The molecule has 8 nitrogen and oxygen atoms in total. The Morgan fingerprint density at radius 2 is 1.88 bits per heavy atom. The maximum atomic E-state index is 12.1. The predicted octanol–water partition coefficient (Wildman–Crippen LogP) is 1.67. The van der Waals surface area contributed by atoms with Crippen LogP contribution in [0, 0.1) is 0 Å². The summed E-state index contributed by atoms with van der Waals surface area (Å²) in [6.07, 6.45) is 1.22. The van der Waals surface area contributed by atoms with Crippen LogP contribution in [0.1, 0.15) is 5.56 Å². The number of aromatic hydroxyl groups is 1. The molecule has 0 fully saturated rings. The number of ether oxygens (including phenoxy) is 1. The lowest BCUT2D eigenvalue weighted by Gasteiger charge is -2.06. The van der Waals surface area contributed by atoms with E-state index in [9.17, 15) is 14.7 Å². The van der Waals surface area contributed by atoms with Gasteiger partial charge in [-0.25, -0.2) is 14.8 Å². The molecular weight excluding hydrogens is 356 g/mol. The Hall–Kier alpha value is -3.20. The number of aromatic nitrogens is 3. The molecule has 0 saturated carbocycles. The van der Waals surface area contributed by atoms with Crippen LogP contribution >= 0.6 is 11.3 Å². The van der Waals surface area contributed by atoms with Crippen molar-refractivity contribution in [2.45, 2.75) is 0 Å². The lowest BCUT2D eigenvalue weighted by Crippen LogP contribution is -2.38. The lowest BCUT2D eigenvalue weighted by molar-refractivity contribution is 0.410. The third-order valence-corrected chi connectivity index (χ3v) is 4.60. The molecule has 1 N–H and O–H groups in total. The molecule has 0 bridgehead atoms. The number of methoxy groups -OCH3 is 1. The first-order chi connectivity index (χ1) is 12.4. The van der Waals surface area contributed by atoms with Gasteiger partial charge in [0.1, 0.15) is 11.3 Å². The van der Waals surface area contributed by atoms with Crippen molar-refractivity contribution in [3.8, 4) is 22.9 Å². The average Bonchev–Trinajstić information content (AvgIpc) is 3.14. The summed E-state index contributed by atoms with van der Waals surface area (Å²) >= 11 is 1.30. The van der Waals surface area contributed by atoms with Crippen LogP contribution in [0.4, 0.5) is 5.13 Å². The summed E-state index contributed by atoms with van der Waals surface area (Å²) in [5, 5.41) is 12.3. The summed E-state index contributed by atoms with van der Waals surface area (Å²) in [5.41, 5.74) is 0.338. The van der Waals surface area contributed by atoms with Crippen molar-refractivity contribution in [3.05, 3.63) is 56.0 Å². The van der Waals surface area contributed by atoms with E-state index in [-0.39, 0.29) is 5.56 Å². The Morgan fingerprint density at radius 1 is 1.19 bits per heavy atom. The van der Waals surface area contributed by atoms with Crippen molar-refractivity contribution in [3.63, 3.8) is 0 Å². The number of nitrogens with zero attached hydrogens (tertiary/aromatic N) is 4. The summed E-state index contributed by atoms with van der Waals surface area (Å²) in [7, 11) is 4.32. The number of hydrogen-bond donors (Lipinski definition) is 1. The molecule has 26 heavy (non-hydrogen) atoms. The second-order valence-electron chi connectivity index (χ2n) is 5.45. The molecule has 2 aromatic heterocycles. The number of benzene rings is 1. The van der Waals surface area contributed by atoms with E-state index in [1.54, 1.807) is 7.11 Å². The van der Waals surface area contributed by atoms with Gasteiger partial charge in [-0.1, -0.05) is 0 Å². The average molecular weight is 372 g/mol. The van der Waals surface area contributed by atoms with E-state index in [4.69, 9.17) is 4.74 Å². The Bertz CT molecular complexity index is 1090. The molecule has 0 aliphatic rings. The topological polar surface area (TPSA) is 98.7 Å². The predicted molar refractivity (Wildman–Crippen MR) is 99.9 cm³/mol. The van der Waals surface area contributed by atoms with Gasteiger partial charge in [-0.2, -0.15) is 0 Å². The van der Waals surface area contributed by atoms with Crippen molar-refractivity contribution in [1.82, 2.24) is 14.1 Å². The van der Waals surface area contributed by atoms with Crippen LogP contribution in [0.3, 0.4) is 0 Å². The smallest absolute Gasteiger partial charge is 0.333 e. The van der Waals surface area contributed by atoms with Gasteiger partial charge in [-0.05, 0) is 24.3 Å². The molecular formula is C17H16N4O4S. The van der Waals surface area contributed by atoms with E-state index in [0.717, 1.165) is 26.1 Å². The van der Waals surface area contributed by atoms with Crippen LogP contribution in [0.5, 0.6) is 11.6 Å². The molecule has 0 atom stereocenters. The van der Waals surface area contributed by atoms with Crippen molar-refractivity contribution >= 4 is 22.7 Å². The van der Waals surface area contributed by atoms with Crippen LogP contribution in [-0.2, 0) is 14.1 Å². The molecule has 0 unspecified atom stereocenters. The van der Waals surface area contributed by atoms with Crippen molar-refractivity contribution in [2.75, 3.05) is 7.11 Å². The van der Waals surface area contributed by atoms with Crippen LogP contribution < -0.4 is 16.0 Å². The number of thiazole rings is 1. The van der Waals surface area contributed by atoms with Gasteiger partial charge in [0, 0.05) is 31.3 Å². The highest BCUT2D eigenvalue weighted by molar-refractivity contribution is 7.13. The fraction of sp³-hybridized carbons (Fsp3) is 0.176. The monoisotopic (exact) mass is 372 g/mol. The van der Waals surface area contributed by atoms with Crippen molar-refractivity contribution in [1.29, 1.82) is 0 Å². The van der Waals surface area contributed by atoms with E-state index in [1.165, 1.54) is 31.6 Å². The molecule has 3 rings (SSSR count). The Kier molecular flexibility index (Phi) is 4.72. The number of rotatable bonds is 4. The van der Waals surface area contributed by atoms with Crippen LogP contribution in [0.15, 0.2) is 44.2 Å². The molecule has 0 spiro atoms. The highest BCUT2D eigenvalue weighted by atomic mass is 32.1. The number of hydrogen-bond acceptors (Lipinski definition) is 7. The Labute approximate surface area is 152 Å². The molecule has 2 heterocycles. The van der Waals surface area contributed by atoms with Crippen molar-refractivity contribution < 1.29 is 9.84 Å². The minimum atomic E-state index is -0.624. The van der Waals surface area contributed by atoms with Gasteiger partial charge in [0.2, 0.25) is 11.0 Å². The summed E-state index contributed by atoms with van der Waals surface area (Å²) in [4.78, 5) is 32.4. The van der Waals surface area contributed by atoms with Crippen LogP contribution in [0.25, 0.3) is 11.3 Å². The standard InChI is InChI=1S/C17H16N4O4S/c1-20-14(22)12(15(23)21(2)17(20)24)8-18-16-19-13(9-26-16)10-4-6-11(25-3)7-5-10/h4-9,22H,1-3H3. The molecule has 0 aliphatic heterocycles. The van der Waals surface area contributed by atoms with Gasteiger partial charge in [-0.3, -0.25) is 13.9 Å². The highest BCUT2D eigenvalue weighted by Gasteiger charge is 2.13. The van der Waals surface area contributed by atoms with Gasteiger partial charge in [0.05, 0.1) is 12.8 Å².